The Kier molecular flexibility index (Phi) is 11.8. The summed E-state index contributed by atoms with van der Waals surface area (Å²) in [6.45, 7) is 15.2. The van der Waals surface area contributed by atoms with Crippen molar-refractivity contribution in [2.45, 2.75) is 73.2 Å². The Labute approximate surface area is 285 Å². The van der Waals surface area contributed by atoms with Gasteiger partial charge in [-0.2, -0.15) is 0 Å². The van der Waals surface area contributed by atoms with Gasteiger partial charge in [0.05, 0.1) is 6.61 Å². The summed E-state index contributed by atoms with van der Waals surface area (Å²) in [6, 6.07) is 27.8. The van der Waals surface area contributed by atoms with Crippen molar-refractivity contribution >= 4 is 31.4 Å². The van der Waals surface area contributed by atoms with Gasteiger partial charge in [-0.3, -0.25) is 4.79 Å². The molecule has 4 aromatic carbocycles. The average molecular weight is 648 g/mol. The highest BCUT2D eigenvalue weighted by Gasteiger charge is 2.38. The van der Waals surface area contributed by atoms with Crippen molar-refractivity contribution in [2.75, 3.05) is 13.2 Å². The SMILES string of the molecule is CC(C)c1c(OCc2ccccc2)ccc(C=O)c1B1OCC(C)(C)CO1.CC(C)c1c(OCc2ccccc2)ccc2c1B(O)OC2. The smallest absolute Gasteiger partial charge is 0.489 e. The third-order valence-corrected chi connectivity index (χ3v) is 8.50. The fourth-order valence-corrected chi connectivity index (χ4v) is 6.10. The van der Waals surface area contributed by atoms with Gasteiger partial charge < -0.3 is 28.5 Å². The molecule has 1 saturated heterocycles. The summed E-state index contributed by atoms with van der Waals surface area (Å²) in [6.07, 6.45) is 0.870. The molecule has 0 aromatic heterocycles. The van der Waals surface area contributed by atoms with E-state index in [-0.39, 0.29) is 17.3 Å². The lowest BCUT2D eigenvalue weighted by Crippen LogP contribution is -2.50. The van der Waals surface area contributed by atoms with Crippen molar-refractivity contribution in [3.63, 3.8) is 0 Å². The third-order valence-electron chi connectivity index (χ3n) is 8.50. The van der Waals surface area contributed by atoms with Crippen molar-refractivity contribution in [3.8, 4) is 11.5 Å². The van der Waals surface area contributed by atoms with Gasteiger partial charge in [0.25, 0.3) is 0 Å². The van der Waals surface area contributed by atoms with Crippen molar-refractivity contribution in [1.82, 2.24) is 0 Å². The first-order valence-corrected chi connectivity index (χ1v) is 16.7. The molecule has 7 nitrogen and oxygen atoms in total. The van der Waals surface area contributed by atoms with Gasteiger partial charge in [-0.15, -0.1) is 0 Å². The van der Waals surface area contributed by atoms with E-state index >= 15 is 0 Å². The number of fused-ring (bicyclic) bond motifs is 1. The van der Waals surface area contributed by atoms with Crippen LogP contribution >= 0.6 is 0 Å². The average Bonchev–Trinajstić information content (AvgIpc) is 3.47. The van der Waals surface area contributed by atoms with Crippen LogP contribution in [0.5, 0.6) is 11.5 Å². The molecule has 48 heavy (non-hydrogen) atoms. The van der Waals surface area contributed by atoms with Gasteiger partial charge in [0.2, 0.25) is 0 Å². The molecule has 0 bridgehead atoms. The number of carbonyl (C=O) groups is 1. The number of hydrogen-bond acceptors (Lipinski definition) is 7. The molecule has 0 amide bonds. The topological polar surface area (TPSA) is 83.5 Å². The summed E-state index contributed by atoms with van der Waals surface area (Å²) < 4.78 is 29.4. The Bertz CT molecular complexity index is 1650. The fraction of sp³-hybridized carbons (Fsp3) is 0.359. The van der Waals surface area contributed by atoms with Gasteiger partial charge >= 0.3 is 14.2 Å². The first-order chi connectivity index (χ1) is 23.1. The highest BCUT2D eigenvalue weighted by atomic mass is 16.6. The Morgan fingerprint density at radius 3 is 1.73 bits per heavy atom. The molecule has 0 radical (unpaired) electrons. The van der Waals surface area contributed by atoms with Crippen molar-refractivity contribution in [2.24, 2.45) is 5.41 Å². The molecule has 0 aliphatic carbocycles. The molecule has 2 aliphatic heterocycles. The molecule has 1 fully saturated rings. The summed E-state index contributed by atoms with van der Waals surface area (Å²) in [5.41, 5.74) is 7.54. The van der Waals surface area contributed by atoms with E-state index in [4.69, 9.17) is 23.4 Å². The van der Waals surface area contributed by atoms with Crippen LogP contribution in [-0.2, 0) is 33.8 Å². The Morgan fingerprint density at radius 2 is 1.23 bits per heavy atom. The van der Waals surface area contributed by atoms with Gasteiger partial charge in [-0.25, -0.2) is 0 Å². The zero-order valence-electron chi connectivity index (χ0n) is 28.9. The Morgan fingerprint density at radius 1 is 0.729 bits per heavy atom. The maximum absolute atomic E-state index is 11.7. The second kappa shape index (κ2) is 16.0. The van der Waals surface area contributed by atoms with Gasteiger partial charge in [0.15, 0.2) is 0 Å². The van der Waals surface area contributed by atoms with Gasteiger partial charge in [0, 0.05) is 29.7 Å². The molecule has 4 aromatic rings. The lowest BCUT2D eigenvalue weighted by atomic mass is 9.69. The minimum atomic E-state index is -0.835. The largest absolute Gasteiger partial charge is 0.495 e. The number of ether oxygens (including phenoxy) is 2. The predicted octanol–water partition coefficient (Wildman–Crippen LogP) is 6.58. The number of rotatable bonds is 10. The van der Waals surface area contributed by atoms with Gasteiger partial charge in [-0.05, 0) is 63.3 Å². The van der Waals surface area contributed by atoms with Gasteiger partial charge in [-0.1, -0.05) is 108 Å². The zero-order chi connectivity index (χ0) is 34.3. The Hall–Kier alpha value is -3.88. The number of carbonyl (C=O) groups excluding carboxylic acids is 1. The first-order valence-electron chi connectivity index (χ1n) is 16.7. The molecule has 0 spiro atoms. The van der Waals surface area contributed by atoms with E-state index in [0.717, 1.165) is 56.5 Å². The van der Waals surface area contributed by atoms with E-state index in [1.807, 2.05) is 78.9 Å². The summed E-state index contributed by atoms with van der Waals surface area (Å²) in [5, 5.41) is 10.0. The first kappa shape index (κ1) is 35.4. The molecule has 1 N–H and O–H groups in total. The lowest BCUT2D eigenvalue weighted by molar-refractivity contribution is 0.0341. The number of hydrogen-bond donors (Lipinski definition) is 1. The van der Waals surface area contributed by atoms with Crippen LogP contribution in [0, 0.1) is 5.41 Å². The van der Waals surface area contributed by atoms with E-state index < -0.39 is 14.2 Å². The molecule has 9 heteroatoms. The molecule has 2 heterocycles. The molecular weight excluding hydrogens is 602 g/mol. The molecule has 6 rings (SSSR count). The second-order valence-corrected chi connectivity index (χ2v) is 13.8. The molecule has 250 valence electrons. The van der Waals surface area contributed by atoms with Crippen molar-refractivity contribution < 1.29 is 33.3 Å². The number of benzene rings is 4. The van der Waals surface area contributed by atoms with Crippen LogP contribution in [-0.4, -0.2) is 38.8 Å². The summed E-state index contributed by atoms with van der Waals surface area (Å²) in [4.78, 5) is 11.7. The van der Waals surface area contributed by atoms with Crippen LogP contribution in [0.3, 0.4) is 0 Å². The number of aldehydes is 1. The van der Waals surface area contributed by atoms with Crippen LogP contribution in [0.15, 0.2) is 84.9 Å². The van der Waals surface area contributed by atoms with E-state index in [0.29, 0.717) is 38.6 Å². The van der Waals surface area contributed by atoms with Crippen LogP contribution in [0.1, 0.15) is 91.6 Å². The van der Waals surface area contributed by atoms with Crippen molar-refractivity contribution in [3.05, 3.63) is 118 Å². The van der Waals surface area contributed by atoms with Crippen LogP contribution in [0.2, 0.25) is 0 Å². The minimum absolute atomic E-state index is 0.0305. The lowest BCUT2D eigenvalue weighted by Gasteiger charge is -2.34. The molecule has 2 aliphatic rings. The van der Waals surface area contributed by atoms with E-state index in [2.05, 4.69) is 41.5 Å². The van der Waals surface area contributed by atoms with Crippen LogP contribution in [0.4, 0.5) is 0 Å². The van der Waals surface area contributed by atoms with E-state index in [1.54, 1.807) is 6.07 Å². The predicted molar refractivity (Wildman–Crippen MR) is 191 cm³/mol. The maximum Gasteiger partial charge on any atom is 0.495 e. The fourth-order valence-electron chi connectivity index (χ4n) is 6.10. The monoisotopic (exact) mass is 648 g/mol. The maximum atomic E-state index is 11.7. The third kappa shape index (κ3) is 8.58. The summed E-state index contributed by atoms with van der Waals surface area (Å²) in [5.74, 6) is 2.03. The van der Waals surface area contributed by atoms with Crippen LogP contribution < -0.4 is 20.4 Å². The summed E-state index contributed by atoms with van der Waals surface area (Å²) >= 11 is 0. The molecule has 0 atom stereocenters. The van der Waals surface area contributed by atoms with Crippen molar-refractivity contribution in [1.29, 1.82) is 0 Å². The second-order valence-electron chi connectivity index (χ2n) is 13.8. The quantitative estimate of drug-likeness (QED) is 0.154. The van der Waals surface area contributed by atoms with Gasteiger partial charge in [0.1, 0.15) is 31.0 Å². The van der Waals surface area contributed by atoms with E-state index in [1.165, 1.54) is 0 Å². The van der Waals surface area contributed by atoms with Crippen LogP contribution in [0.25, 0.3) is 0 Å². The molecular formula is C39H46B2O7. The normalized spacial score (nSPS) is 15.2. The summed E-state index contributed by atoms with van der Waals surface area (Å²) in [7, 11) is -1.38. The Balaban J connectivity index is 0.000000194. The van der Waals surface area contributed by atoms with E-state index in [9.17, 15) is 9.82 Å². The molecule has 0 unspecified atom stereocenters. The molecule has 0 saturated carbocycles. The minimum Gasteiger partial charge on any atom is -0.489 e. The highest BCUT2D eigenvalue weighted by molar-refractivity contribution is 6.63. The zero-order valence-corrected chi connectivity index (χ0v) is 28.9. The standard InChI is InChI=1S/C22H27BO4.C17H19BO3/c1-16(2)20-19(25-13-17-8-6-5-7-9-17)11-10-18(12-24)21(20)23-26-14-22(3,4)15-27-23;1-12(2)16-15(20-10-13-6-4-3-5-7-13)9-8-14-11-21-18(19)17(14)16/h5-12,16H,13-15H2,1-4H3;3-9,12,19H,10-11H2,1-2H3. The highest BCUT2D eigenvalue weighted by Crippen LogP contribution is 2.31.